The minimum atomic E-state index is -0.506. The van der Waals surface area contributed by atoms with Crippen LogP contribution in [0.1, 0.15) is 19.7 Å². The van der Waals surface area contributed by atoms with Crippen LogP contribution in [0.5, 0.6) is 0 Å². The molecule has 0 aliphatic rings. The Labute approximate surface area is 89.4 Å². The van der Waals surface area contributed by atoms with Crippen molar-refractivity contribution in [1.29, 1.82) is 5.26 Å². The van der Waals surface area contributed by atoms with Crippen molar-refractivity contribution in [2.45, 2.75) is 32.5 Å². The number of aromatic nitrogens is 2. The minimum absolute atomic E-state index is 0.332. The molecule has 1 heterocycles. The first-order valence-corrected chi connectivity index (χ1v) is 4.96. The van der Waals surface area contributed by atoms with Gasteiger partial charge >= 0.3 is 0 Å². The molecule has 5 nitrogen and oxygen atoms in total. The fourth-order valence-electron chi connectivity index (χ4n) is 1.23. The maximum Gasteiger partial charge on any atom is 0.212 e. The molecule has 0 aromatic carbocycles. The molecular weight excluding hydrogens is 192 g/mol. The number of aliphatic hydroxyl groups is 1. The number of nitriles is 1. The third-order valence-corrected chi connectivity index (χ3v) is 1.98. The maximum absolute atomic E-state index is 9.67. The number of hydrogen-bond donors (Lipinski definition) is 2. The van der Waals surface area contributed by atoms with Gasteiger partial charge in [0, 0.05) is 25.0 Å². The van der Waals surface area contributed by atoms with E-state index in [1.165, 1.54) is 0 Å². The van der Waals surface area contributed by atoms with Crippen LogP contribution >= 0.6 is 0 Å². The predicted molar refractivity (Wildman–Crippen MR) is 56.1 cm³/mol. The van der Waals surface area contributed by atoms with E-state index in [0.29, 0.717) is 25.0 Å². The second kappa shape index (κ2) is 5.49. The first-order valence-electron chi connectivity index (χ1n) is 4.96. The number of rotatable bonds is 5. The Morgan fingerprint density at radius 2 is 2.40 bits per heavy atom. The number of nitrogens with one attached hydrogen (secondary N) is 1. The molecular formula is C10H16N4O. The summed E-state index contributed by atoms with van der Waals surface area (Å²) in [7, 11) is 0. The van der Waals surface area contributed by atoms with Crippen LogP contribution in [0, 0.1) is 11.3 Å². The molecule has 1 aromatic rings. The molecule has 82 valence electrons. The minimum Gasteiger partial charge on any atom is -0.390 e. The van der Waals surface area contributed by atoms with Gasteiger partial charge in [0.05, 0.1) is 12.6 Å². The van der Waals surface area contributed by atoms with E-state index in [2.05, 4.69) is 10.3 Å². The summed E-state index contributed by atoms with van der Waals surface area (Å²) < 4.78 is 1.65. The second-order valence-corrected chi connectivity index (χ2v) is 3.73. The third-order valence-electron chi connectivity index (χ3n) is 1.98. The molecule has 0 saturated heterocycles. The molecule has 1 aromatic heterocycles. The largest absolute Gasteiger partial charge is 0.390 e. The molecule has 1 rings (SSSR count). The standard InChI is InChI=1S/C10H16N4O/c1-8(2)13-6-9(15)7-14-4-3-12-10(14)5-11/h3-4,8-9,13,15H,6-7H2,1-2H3. The van der Waals surface area contributed by atoms with Crippen molar-refractivity contribution in [3.05, 3.63) is 18.2 Å². The van der Waals surface area contributed by atoms with Crippen LogP contribution in [-0.2, 0) is 6.54 Å². The van der Waals surface area contributed by atoms with Gasteiger partial charge in [-0.3, -0.25) is 0 Å². The molecule has 5 heteroatoms. The van der Waals surface area contributed by atoms with E-state index < -0.39 is 6.10 Å². The van der Waals surface area contributed by atoms with E-state index in [9.17, 15) is 5.11 Å². The van der Waals surface area contributed by atoms with Crippen molar-refractivity contribution in [3.8, 4) is 6.07 Å². The molecule has 1 unspecified atom stereocenters. The van der Waals surface area contributed by atoms with E-state index in [4.69, 9.17) is 5.26 Å². The van der Waals surface area contributed by atoms with Gasteiger partial charge in [-0.25, -0.2) is 4.98 Å². The molecule has 0 saturated carbocycles. The van der Waals surface area contributed by atoms with Crippen molar-refractivity contribution < 1.29 is 5.11 Å². The fourth-order valence-corrected chi connectivity index (χ4v) is 1.23. The van der Waals surface area contributed by atoms with Crippen molar-refractivity contribution in [3.63, 3.8) is 0 Å². The van der Waals surface area contributed by atoms with E-state index in [0.717, 1.165) is 0 Å². The highest BCUT2D eigenvalue weighted by Crippen LogP contribution is 1.98. The second-order valence-electron chi connectivity index (χ2n) is 3.73. The van der Waals surface area contributed by atoms with Gasteiger partial charge < -0.3 is 15.0 Å². The SMILES string of the molecule is CC(C)NCC(O)Cn1ccnc1C#N. The van der Waals surface area contributed by atoms with Gasteiger partial charge in [-0.1, -0.05) is 13.8 Å². The Bertz CT molecular complexity index is 339. The van der Waals surface area contributed by atoms with Crippen LogP contribution in [0.25, 0.3) is 0 Å². The molecule has 0 spiro atoms. The molecule has 0 radical (unpaired) electrons. The van der Waals surface area contributed by atoms with Gasteiger partial charge in [0.15, 0.2) is 0 Å². The molecule has 15 heavy (non-hydrogen) atoms. The van der Waals surface area contributed by atoms with Gasteiger partial charge in [0.2, 0.25) is 5.82 Å². The van der Waals surface area contributed by atoms with Crippen LogP contribution < -0.4 is 5.32 Å². The van der Waals surface area contributed by atoms with Crippen LogP contribution in [0.15, 0.2) is 12.4 Å². The van der Waals surface area contributed by atoms with Crippen molar-refractivity contribution in [2.75, 3.05) is 6.54 Å². The lowest BCUT2D eigenvalue weighted by molar-refractivity contribution is 0.148. The van der Waals surface area contributed by atoms with Gasteiger partial charge in [-0.05, 0) is 0 Å². The Kier molecular flexibility index (Phi) is 4.28. The Hall–Kier alpha value is -1.38. The Morgan fingerprint density at radius 3 is 3.00 bits per heavy atom. The third kappa shape index (κ3) is 3.70. The summed E-state index contributed by atoms with van der Waals surface area (Å²) in [6, 6.07) is 2.31. The zero-order valence-corrected chi connectivity index (χ0v) is 9.01. The van der Waals surface area contributed by atoms with Crippen molar-refractivity contribution in [1.82, 2.24) is 14.9 Å². The van der Waals surface area contributed by atoms with Crippen LogP contribution in [0.3, 0.4) is 0 Å². The van der Waals surface area contributed by atoms with E-state index in [-0.39, 0.29) is 0 Å². The number of aliphatic hydroxyl groups excluding tert-OH is 1. The van der Waals surface area contributed by atoms with Gasteiger partial charge in [-0.2, -0.15) is 5.26 Å². The molecule has 0 fully saturated rings. The Balaban J connectivity index is 2.45. The van der Waals surface area contributed by atoms with E-state index in [1.807, 2.05) is 19.9 Å². The zero-order valence-electron chi connectivity index (χ0n) is 9.01. The van der Waals surface area contributed by atoms with Gasteiger partial charge in [0.1, 0.15) is 6.07 Å². The average molecular weight is 208 g/mol. The fraction of sp³-hybridized carbons (Fsp3) is 0.600. The quantitative estimate of drug-likeness (QED) is 0.720. The molecule has 2 N–H and O–H groups in total. The van der Waals surface area contributed by atoms with Crippen LogP contribution in [-0.4, -0.2) is 33.3 Å². The summed E-state index contributed by atoms with van der Waals surface area (Å²) in [6.07, 6.45) is 2.74. The molecule has 0 aliphatic heterocycles. The summed E-state index contributed by atoms with van der Waals surface area (Å²) >= 11 is 0. The average Bonchev–Trinajstić information content (AvgIpc) is 2.62. The van der Waals surface area contributed by atoms with Crippen LogP contribution in [0.2, 0.25) is 0 Å². The molecule has 0 bridgehead atoms. The van der Waals surface area contributed by atoms with E-state index in [1.54, 1.807) is 17.0 Å². The molecule has 1 atom stereocenters. The molecule has 0 amide bonds. The summed E-state index contributed by atoms with van der Waals surface area (Å²) in [4.78, 5) is 3.85. The summed E-state index contributed by atoms with van der Waals surface area (Å²) in [6.45, 7) is 4.94. The highest BCUT2D eigenvalue weighted by atomic mass is 16.3. The smallest absolute Gasteiger partial charge is 0.212 e. The lowest BCUT2D eigenvalue weighted by Gasteiger charge is -2.14. The first kappa shape index (κ1) is 11.7. The lowest BCUT2D eigenvalue weighted by atomic mass is 10.3. The Morgan fingerprint density at radius 1 is 1.67 bits per heavy atom. The van der Waals surface area contributed by atoms with Gasteiger partial charge in [-0.15, -0.1) is 0 Å². The van der Waals surface area contributed by atoms with Crippen LogP contribution in [0.4, 0.5) is 0 Å². The highest BCUT2D eigenvalue weighted by Gasteiger charge is 2.08. The number of hydrogen-bond acceptors (Lipinski definition) is 4. The maximum atomic E-state index is 9.67. The zero-order chi connectivity index (χ0) is 11.3. The van der Waals surface area contributed by atoms with Crippen molar-refractivity contribution >= 4 is 0 Å². The normalized spacial score (nSPS) is 12.7. The first-order chi connectivity index (χ1) is 7.13. The topological polar surface area (TPSA) is 73.9 Å². The summed E-state index contributed by atoms with van der Waals surface area (Å²) in [5.74, 6) is 0.332. The van der Waals surface area contributed by atoms with Gasteiger partial charge in [0.25, 0.3) is 0 Å². The molecule has 0 aliphatic carbocycles. The van der Waals surface area contributed by atoms with Crippen molar-refractivity contribution in [2.24, 2.45) is 0 Å². The number of imidazole rings is 1. The summed E-state index contributed by atoms with van der Waals surface area (Å²) in [5, 5.41) is 21.5. The highest BCUT2D eigenvalue weighted by molar-refractivity contribution is 5.11. The lowest BCUT2D eigenvalue weighted by Crippen LogP contribution is -2.34. The van der Waals surface area contributed by atoms with E-state index >= 15 is 0 Å². The number of nitrogens with zero attached hydrogens (tertiary/aromatic N) is 3. The monoisotopic (exact) mass is 208 g/mol. The summed E-state index contributed by atoms with van der Waals surface area (Å²) in [5.41, 5.74) is 0. The predicted octanol–water partition coefficient (Wildman–Crippen LogP) is 0.114.